The summed E-state index contributed by atoms with van der Waals surface area (Å²) in [5.74, 6) is 0. The summed E-state index contributed by atoms with van der Waals surface area (Å²) in [6.45, 7) is 0.270. The number of nitrogens with one attached hydrogen (secondary N) is 1. The summed E-state index contributed by atoms with van der Waals surface area (Å²) < 4.78 is 25.4. The quantitative estimate of drug-likeness (QED) is 0.765. The van der Waals surface area contributed by atoms with Crippen molar-refractivity contribution in [3.8, 4) is 6.07 Å². The Labute approximate surface area is 98.5 Å². The van der Waals surface area contributed by atoms with E-state index in [0.717, 1.165) is 4.90 Å². The number of hydrogen-bond acceptors (Lipinski definition) is 4. The molecule has 1 atom stereocenters. The summed E-state index contributed by atoms with van der Waals surface area (Å²) in [6.07, 6.45) is 0. The maximum absolute atomic E-state index is 11.7. The third-order valence-electron chi connectivity index (χ3n) is 2.30. The maximum atomic E-state index is 11.7. The van der Waals surface area contributed by atoms with E-state index in [1.807, 2.05) is 10.8 Å². The molecule has 1 saturated heterocycles. The van der Waals surface area contributed by atoms with Gasteiger partial charge in [0, 0.05) is 0 Å². The van der Waals surface area contributed by atoms with E-state index in [9.17, 15) is 13.2 Å². The zero-order valence-corrected chi connectivity index (χ0v) is 9.52. The molecule has 0 aromatic heterocycles. The summed E-state index contributed by atoms with van der Waals surface area (Å²) >= 11 is 0. The molecule has 1 heterocycles. The standard InChI is InChI=1S/C10H9N3O3S/c11-6-8-7-13(8)10(14)12-17(15,16)9-4-2-1-3-5-9/h1-5,8H,7H2,(H,12,14). The van der Waals surface area contributed by atoms with E-state index in [4.69, 9.17) is 5.26 Å². The van der Waals surface area contributed by atoms with Crippen molar-refractivity contribution in [2.75, 3.05) is 6.54 Å². The number of amides is 2. The lowest BCUT2D eigenvalue weighted by Crippen LogP contribution is -2.34. The SMILES string of the molecule is N#CC1CN1C(=O)NS(=O)(=O)c1ccccc1. The van der Waals surface area contributed by atoms with Crippen molar-refractivity contribution >= 4 is 16.1 Å². The first-order chi connectivity index (χ1) is 8.04. The molecule has 1 aromatic carbocycles. The van der Waals surface area contributed by atoms with Gasteiger partial charge < -0.3 is 4.90 Å². The average molecular weight is 251 g/mol. The normalized spacial score (nSPS) is 18.3. The Balaban J connectivity index is 2.10. The Morgan fingerprint density at radius 3 is 2.59 bits per heavy atom. The Morgan fingerprint density at radius 1 is 1.41 bits per heavy atom. The lowest BCUT2D eigenvalue weighted by molar-refractivity contribution is 0.234. The number of carbonyl (C=O) groups is 1. The largest absolute Gasteiger partial charge is 0.332 e. The molecule has 1 N–H and O–H groups in total. The van der Waals surface area contributed by atoms with Crippen LogP contribution in [0.25, 0.3) is 0 Å². The topological polar surface area (TPSA) is 90.0 Å². The molecule has 1 aliphatic rings. The van der Waals surface area contributed by atoms with Crippen molar-refractivity contribution < 1.29 is 13.2 Å². The fourth-order valence-electron chi connectivity index (χ4n) is 1.31. The first-order valence-corrected chi connectivity index (χ1v) is 6.31. The van der Waals surface area contributed by atoms with E-state index in [-0.39, 0.29) is 11.4 Å². The molecule has 1 aromatic rings. The minimum Gasteiger partial charge on any atom is -0.303 e. The minimum absolute atomic E-state index is 0.0173. The number of nitrogens with zero attached hydrogens (tertiary/aromatic N) is 2. The number of carbonyl (C=O) groups excluding carboxylic acids is 1. The molecule has 0 spiro atoms. The third-order valence-corrected chi connectivity index (χ3v) is 3.63. The second kappa shape index (κ2) is 4.07. The number of hydrogen-bond donors (Lipinski definition) is 1. The summed E-state index contributed by atoms with van der Waals surface area (Å²) in [6, 6.07) is 8.17. The fraction of sp³-hybridized carbons (Fsp3) is 0.200. The molecule has 1 unspecified atom stereocenters. The predicted octanol–water partition coefficient (Wildman–Crippen LogP) is 0.293. The zero-order chi connectivity index (χ0) is 12.5. The fourth-order valence-corrected chi connectivity index (χ4v) is 2.29. The van der Waals surface area contributed by atoms with Gasteiger partial charge in [-0.05, 0) is 12.1 Å². The molecule has 88 valence electrons. The zero-order valence-electron chi connectivity index (χ0n) is 8.70. The predicted molar refractivity (Wildman–Crippen MR) is 58.3 cm³/mol. The molecule has 7 heteroatoms. The Bertz CT molecular complexity index is 577. The number of nitriles is 1. The van der Waals surface area contributed by atoms with Crippen molar-refractivity contribution in [3.05, 3.63) is 30.3 Å². The first kappa shape index (κ1) is 11.4. The van der Waals surface area contributed by atoms with E-state index >= 15 is 0 Å². The van der Waals surface area contributed by atoms with Gasteiger partial charge in [0.25, 0.3) is 10.0 Å². The number of urea groups is 1. The highest BCUT2D eigenvalue weighted by atomic mass is 32.2. The summed E-state index contributed by atoms with van der Waals surface area (Å²) in [5, 5.41) is 8.52. The maximum Gasteiger partial charge on any atom is 0.332 e. The van der Waals surface area contributed by atoms with E-state index in [1.165, 1.54) is 12.1 Å². The van der Waals surface area contributed by atoms with Gasteiger partial charge in [-0.3, -0.25) is 0 Å². The molecule has 0 aliphatic carbocycles. The van der Waals surface area contributed by atoms with E-state index in [2.05, 4.69) is 0 Å². The van der Waals surface area contributed by atoms with Gasteiger partial charge in [-0.15, -0.1) is 0 Å². The number of sulfonamides is 1. The van der Waals surface area contributed by atoms with Crippen molar-refractivity contribution in [2.45, 2.75) is 10.9 Å². The first-order valence-electron chi connectivity index (χ1n) is 4.82. The van der Waals surface area contributed by atoms with Gasteiger partial charge in [-0.25, -0.2) is 17.9 Å². The van der Waals surface area contributed by atoms with Crippen LogP contribution in [0.1, 0.15) is 0 Å². The molecule has 2 amide bonds. The molecule has 0 saturated carbocycles. The highest BCUT2D eigenvalue weighted by molar-refractivity contribution is 7.90. The van der Waals surface area contributed by atoms with E-state index in [1.54, 1.807) is 18.2 Å². The molecule has 0 bridgehead atoms. The van der Waals surface area contributed by atoms with Crippen LogP contribution in [0.3, 0.4) is 0 Å². The van der Waals surface area contributed by atoms with Crippen LogP contribution in [-0.2, 0) is 10.0 Å². The third kappa shape index (κ3) is 2.37. The summed E-state index contributed by atoms with van der Waals surface area (Å²) in [5.41, 5.74) is 0. The molecular formula is C10H9N3O3S. The van der Waals surface area contributed by atoms with Gasteiger partial charge in [0.15, 0.2) is 0 Å². The molecule has 2 rings (SSSR count). The molecular weight excluding hydrogens is 242 g/mol. The van der Waals surface area contributed by atoms with Gasteiger partial charge in [0.1, 0.15) is 6.04 Å². The van der Waals surface area contributed by atoms with Crippen molar-refractivity contribution in [3.63, 3.8) is 0 Å². The van der Waals surface area contributed by atoms with Crippen LogP contribution in [0.5, 0.6) is 0 Å². The van der Waals surface area contributed by atoms with Gasteiger partial charge in [0.2, 0.25) is 0 Å². The van der Waals surface area contributed by atoms with Gasteiger partial charge in [0.05, 0.1) is 17.5 Å². The van der Waals surface area contributed by atoms with Crippen LogP contribution in [0.15, 0.2) is 35.2 Å². The van der Waals surface area contributed by atoms with Gasteiger partial charge in [-0.2, -0.15) is 5.26 Å². The Hall–Kier alpha value is -2.07. The smallest absolute Gasteiger partial charge is 0.303 e. The second-order valence-electron chi connectivity index (χ2n) is 3.52. The van der Waals surface area contributed by atoms with Crippen LogP contribution < -0.4 is 4.72 Å². The van der Waals surface area contributed by atoms with Gasteiger partial charge >= 0.3 is 6.03 Å². The van der Waals surface area contributed by atoms with Crippen LogP contribution in [-0.4, -0.2) is 31.9 Å². The number of benzene rings is 1. The molecule has 17 heavy (non-hydrogen) atoms. The molecule has 1 fully saturated rings. The molecule has 1 aliphatic heterocycles. The van der Waals surface area contributed by atoms with Crippen LogP contribution in [0, 0.1) is 11.3 Å². The average Bonchev–Trinajstić information content (AvgIpc) is 3.09. The van der Waals surface area contributed by atoms with Crippen LogP contribution >= 0.6 is 0 Å². The van der Waals surface area contributed by atoms with Crippen LogP contribution in [0.4, 0.5) is 4.79 Å². The second-order valence-corrected chi connectivity index (χ2v) is 5.20. The highest BCUT2D eigenvalue weighted by Gasteiger charge is 2.40. The summed E-state index contributed by atoms with van der Waals surface area (Å²) in [4.78, 5) is 12.6. The van der Waals surface area contributed by atoms with Crippen LogP contribution in [0.2, 0.25) is 0 Å². The van der Waals surface area contributed by atoms with Gasteiger partial charge in [-0.1, -0.05) is 18.2 Å². The van der Waals surface area contributed by atoms with Crippen molar-refractivity contribution in [1.82, 2.24) is 9.62 Å². The molecule has 0 radical (unpaired) electrons. The number of rotatable bonds is 2. The van der Waals surface area contributed by atoms with E-state index in [0.29, 0.717) is 0 Å². The Kier molecular flexibility index (Phi) is 2.73. The lowest BCUT2D eigenvalue weighted by atomic mass is 10.4. The van der Waals surface area contributed by atoms with Crippen molar-refractivity contribution in [2.24, 2.45) is 0 Å². The monoisotopic (exact) mass is 251 g/mol. The highest BCUT2D eigenvalue weighted by Crippen LogP contribution is 2.17. The van der Waals surface area contributed by atoms with Crippen molar-refractivity contribution in [1.29, 1.82) is 5.26 Å². The molecule has 6 nitrogen and oxygen atoms in total. The van der Waals surface area contributed by atoms with E-state index < -0.39 is 22.1 Å². The Morgan fingerprint density at radius 2 is 2.06 bits per heavy atom. The summed E-state index contributed by atoms with van der Waals surface area (Å²) in [7, 11) is -3.85. The minimum atomic E-state index is -3.85. The lowest BCUT2D eigenvalue weighted by Gasteiger charge is -2.06.